The molecule has 1 aliphatic rings. The number of hydrogen-bond donors (Lipinski definition) is 0. The normalized spacial score (nSPS) is 13.7. The number of para-hydroxylation sites is 1. The van der Waals surface area contributed by atoms with Crippen LogP contribution in [0.3, 0.4) is 0 Å². The molecule has 0 unspecified atom stereocenters. The molecule has 3 heteroatoms. The summed E-state index contributed by atoms with van der Waals surface area (Å²) >= 11 is 3.74. The van der Waals surface area contributed by atoms with Crippen molar-refractivity contribution in [3.63, 3.8) is 0 Å². The van der Waals surface area contributed by atoms with Gasteiger partial charge in [-0.1, -0.05) is 44.2 Å². The summed E-state index contributed by atoms with van der Waals surface area (Å²) in [4.78, 5) is 5.37. The molecule has 1 nitrogen and oxygen atoms in total. The average Bonchev–Trinajstić information content (AvgIpc) is 3.72. The predicted molar refractivity (Wildman–Crippen MR) is 179 cm³/mol. The molecule has 1 aliphatic carbocycles. The summed E-state index contributed by atoms with van der Waals surface area (Å²) in [5, 5.41) is 2.69. The maximum Gasteiger partial charge on any atom is 0.0550 e. The minimum Gasteiger partial charge on any atom is -0.309 e. The van der Waals surface area contributed by atoms with Crippen LogP contribution in [0.4, 0.5) is 0 Å². The fourth-order valence-corrected chi connectivity index (χ4v) is 8.63. The third-order valence-electron chi connectivity index (χ3n) is 8.92. The van der Waals surface area contributed by atoms with E-state index in [9.17, 15) is 0 Å². The van der Waals surface area contributed by atoms with Crippen LogP contribution in [0, 0.1) is 20.8 Å². The van der Waals surface area contributed by atoms with Crippen molar-refractivity contribution in [3.8, 4) is 37.7 Å². The lowest BCUT2D eigenvalue weighted by atomic mass is 9.81. The van der Waals surface area contributed by atoms with Crippen LogP contribution in [0.2, 0.25) is 0 Å². The number of fused-ring (bicyclic) bond motifs is 6. The number of aromatic nitrogens is 1. The lowest BCUT2D eigenvalue weighted by Gasteiger charge is -2.22. The molecular weight excluding hydrogens is 535 g/mol. The van der Waals surface area contributed by atoms with Crippen molar-refractivity contribution in [2.75, 3.05) is 0 Å². The monoisotopic (exact) mass is 565 g/mol. The Morgan fingerprint density at radius 2 is 1.27 bits per heavy atom. The van der Waals surface area contributed by atoms with Crippen LogP contribution in [0.15, 0.2) is 97.1 Å². The molecule has 7 aromatic rings. The highest BCUT2D eigenvalue weighted by Crippen LogP contribution is 2.52. The molecule has 0 saturated carbocycles. The summed E-state index contributed by atoms with van der Waals surface area (Å²) in [5.41, 5.74) is 13.2. The minimum absolute atomic E-state index is 0.0787. The Morgan fingerprint density at radius 3 is 1.95 bits per heavy atom. The molecule has 3 heterocycles. The Bertz CT molecular complexity index is 2150. The maximum absolute atomic E-state index is 2.50. The van der Waals surface area contributed by atoms with Gasteiger partial charge in [-0.2, -0.15) is 0 Å². The quantitative estimate of drug-likeness (QED) is 0.201. The zero-order valence-electron chi connectivity index (χ0n) is 24.0. The highest BCUT2D eigenvalue weighted by Gasteiger charge is 2.37. The van der Waals surface area contributed by atoms with Gasteiger partial charge in [0.2, 0.25) is 0 Å². The highest BCUT2D eigenvalue weighted by molar-refractivity contribution is 7.15. The van der Waals surface area contributed by atoms with Gasteiger partial charge in [-0.15, -0.1) is 22.7 Å². The van der Waals surface area contributed by atoms with Gasteiger partial charge in [0.05, 0.1) is 11.0 Å². The first kappa shape index (κ1) is 24.8. The van der Waals surface area contributed by atoms with E-state index >= 15 is 0 Å². The molecule has 8 rings (SSSR count). The molecule has 0 spiro atoms. The van der Waals surface area contributed by atoms with Gasteiger partial charge in [0, 0.05) is 41.4 Å². The third-order valence-corrected chi connectivity index (χ3v) is 11.0. The van der Waals surface area contributed by atoms with E-state index in [4.69, 9.17) is 0 Å². The Kier molecular flexibility index (Phi) is 5.32. The summed E-state index contributed by atoms with van der Waals surface area (Å²) in [6, 6.07) is 36.7. The van der Waals surface area contributed by atoms with E-state index < -0.39 is 0 Å². The molecule has 0 radical (unpaired) electrons. The number of hydrogen-bond acceptors (Lipinski definition) is 2. The zero-order chi connectivity index (χ0) is 28.0. The van der Waals surface area contributed by atoms with E-state index in [0.717, 1.165) is 0 Å². The number of benzene rings is 4. The molecule has 0 amide bonds. The molecule has 41 heavy (non-hydrogen) atoms. The van der Waals surface area contributed by atoms with Crippen LogP contribution in [-0.4, -0.2) is 4.57 Å². The fourth-order valence-electron chi connectivity index (χ4n) is 6.91. The average molecular weight is 566 g/mol. The summed E-state index contributed by atoms with van der Waals surface area (Å²) in [6.45, 7) is 11.4. The lowest BCUT2D eigenvalue weighted by Crippen LogP contribution is -2.15. The van der Waals surface area contributed by atoms with Gasteiger partial charge < -0.3 is 4.57 Å². The Hall–Kier alpha value is -3.92. The first-order valence-corrected chi connectivity index (χ1v) is 15.9. The largest absolute Gasteiger partial charge is 0.309 e. The molecule has 0 atom stereocenters. The molecule has 0 aliphatic heterocycles. The van der Waals surface area contributed by atoms with Gasteiger partial charge in [0.25, 0.3) is 0 Å². The van der Waals surface area contributed by atoms with Crippen molar-refractivity contribution in [1.29, 1.82) is 0 Å². The van der Waals surface area contributed by atoms with Gasteiger partial charge in [0.15, 0.2) is 0 Å². The van der Waals surface area contributed by atoms with E-state index in [1.54, 1.807) is 0 Å². The van der Waals surface area contributed by atoms with Gasteiger partial charge >= 0.3 is 0 Å². The van der Waals surface area contributed by atoms with E-state index in [1.807, 2.05) is 22.7 Å². The summed E-state index contributed by atoms with van der Waals surface area (Å²) in [5.74, 6) is 0. The van der Waals surface area contributed by atoms with E-state index in [-0.39, 0.29) is 5.41 Å². The minimum atomic E-state index is -0.0787. The van der Waals surface area contributed by atoms with E-state index in [2.05, 4.69) is 136 Å². The number of nitrogens with zero attached hydrogens (tertiary/aromatic N) is 1. The van der Waals surface area contributed by atoms with E-state index in [1.165, 1.54) is 85.9 Å². The van der Waals surface area contributed by atoms with Crippen molar-refractivity contribution in [2.45, 2.75) is 40.0 Å². The first-order chi connectivity index (χ1) is 19.8. The molecule has 0 saturated heterocycles. The van der Waals surface area contributed by atoms with Crippen LogP contribution in [0.1, 0.15) is 40.3 Å². The highest BCUT2D eigenvalue weighted by atomic mass is 32.1. The number of thiophene rings is 2. The summed E-state index contributed by atoms with van der Waals surface area (Å²) in [6.07, 6.45) is 0. The van der Waals surface area contributed by atoms with Crippen molar-refractivity contribution in [3.05, 3.63) is 124 Å². The van der Waals surface area contributed by atoms with Gasteiger partial charge in [-0.25, -0.2) is 0 Å². The molecule has 4 aromatic carbocycles. The maximum atomic E-state index is 2.50. The molecule has 3 aromatic heterocycles. The molecule has 0 bridgehead atoms. The zero-order valence-corrected chi connectivity index (χ0v) is 25.6. The summed E-state index contributed by atoms with van der Waals surface area (Å²) < 4.78 is 2.48. The summed E-state index contributed by atoms with van der Waals surface area (Å²) in [7, 11) is 0. The first-order valence-electron chi connectivity index (χ1n) is 14.3. The van der Waals surface area contributed by atoms with Crippen molar-refractivity contribution in [1.82, 2.24) is 4.57 Å². The SMILES string of the molecule is Cc1ccc(-c2ccc3c(c2)C(C)(C)c2cc4c5c(C)cc(-c6ccc(C)s6)cc5n(-c5ccccc5)c4cc2-3)s1. The van der Waals surface area contributed by atoms with Crippen LogP contribution in [0.25, 0.3) is 59.5 Å². The fraction of sp³-hybridized carbons (Fsp3) is 0.158. The Balaban J connectivity index is 1.43. The van der Waals surface area contributed by atoms with Crippen LogP contribution in [0.5, 0.6) is 0 Å². The second kappa shape index (κ2) is 8.79. The van der Waals surface area contributed by atoms with Gasteiger partial charge in [0.1, 0.15) is 0 Å². The van der Waals surface area contributed by atoms with Crippen LogP contribution < -0.4 is 0 Å². The lowest BCUT2D eigenvalue weighted by molar-refractivity contribution is 0.661. The molecular formula is C38H31NS2. The number of rotatable bonds is 3. The Morgan fingerprint density at radius 1 is 0.585 bits per heavy atom. The van der Waals surface area contributed by atoms with Crippen molar-refractivity contribution < 1.29 is 0 Å². The van der Waals surface area contributed by atoms with Crippen LogP contribution in [-0.2, 0) is 5.41 Å². The molecule has 200 valence electrons. The van der Waals surface area contributed by atoms with Gasteiger partial charge in [-0.05, 0) is 126 Å². The Labute approximate surface area is 249 Å². The molecule has 0 N–H and O–H groups in total. The van der Waals surface area contributed by atoms with Crippen molar-refractivity contribution in [2.24, 2.45) is 0 Å². The second-order valence-corrected chi connectivity index (χ2v) is 14.6. The van der Waals surface area contributed by atoms with Crippen molar-refractivity contribution >= 4 is 44.5 Å². The second-order valence-electron chi connectivity index (χ2n) is 12.0. The van der Waals surface area contributed by atoms with Gasteiger partial charge in [-0.3, -0.25) is 0 Å². The number of aryl methyl sites for hydroxylation is 3. The van der Waals surface area contributed by atoms with Crippen LogP contribution >= 0.6 is 22.7 Å². The molecule has 0 fully saturated rings. The third kappa shape index (κ3) is 3.65. The van der Waals surface area contributed by atoms with E-state index in [0.29, 0.717) is 0 Å². The smallest absolute Gasteiger partial charge is 0.0550 e. The standard InChI is InChI=1S/C38H31NS2/c1-22-17-26(36-16-12-24(3)41-36)19-34-37(22)30-20-32-29(21-33(30)39(34)27-9-7-6-8-10-27)28-14-13-25(18-31(28)38(32,4)5)35-15-11-23(2)40-35/h6-21H,1-5H3. The topological polar surface area (TPSA) is 4.93 Å². The predicted octanol–water partition coefficient (Wildman–Crippen LogP) is 11.5.